The van der Waals surface area contributed by atoms with Crippen molar-refractivity contribution in [2.75, 3.05) is 12.3 Å². The topological polar surface area (TPSA) is 69.0 Å². The lowest BCUT2D eigenvalue weighted by Crippen LogP contribution is -2.15. The molecule has 0 aromatic carbocycles. The Kier molecular flexibility index (Phi) is 7.05. The number of hydrogen-bond donors (Lipinski definition) is 1. The highest BCUT2D eigenvalue weighted by molar-refractivity contribution is 7.99. The minimum absolute atomic E-state index is 0.260. The molecule has 5 heteroatoms. The van der Waals surface area contributed by atoms with Gasteiger partial charge in [0.1, 0.15) is 0 Å². The Morgan fingerprint density at radius 3 is 2.75 bits per heavy atom. The molecule has 1 N–H and O–H groups in total. The first-order valence-electron chi connectivity index (χ1n) is 3.99. The number of rotatable bonds is 6. The van der Waals surface area contributed by atoms with Crippen LogP contribution >= 0.6 is 11.8 Å². The number of aliphatic hydroxyl groups is 1. The third-order valence-corrected chi connectivity index (χ3v) is 2.97. The maximum Gasteiger partial charge on any atom is 0.0627 e. The summed E-state index contributed by atoms with van der Waals surface area (Å²) in [6.07, 6.45) is 0.612. The second-order valence-corrected chi connectivity index (χ2v) is 4.11. The van der Waals surface area contributed by atoms with Crippen LogP contribution in [0.1, 0.15) is 20.3 Å². The first kappa shape index (κ1) is 11.6. The second kappa shape index (κ2) is 7.28. The van der Waals surface area contributed by atoms with Gasteiger partial charge in [-0.05, 0) is 24.6 Å². The standard InChI is InChI=1S/C7H15N3OS/c1-6(11)7(2)12-5-3-4-9-10-8/h6-7,11H,3-5H2,1-2H3. The zero-order chi connectivity index (χ0) is 9.40. The van der Waals surface area contributed by atoms with Crippen molar-refractivity contribution < 1.29 is 5.11 Å². The first-order chi connectivity index (χ1) is 5.68. The minimum Gasteiger partial charge on any atom is -0.392 e. The molecule has 0 aliphatic heterocycles. The van der Waals surface area contributed by atoms with Gasteiger partial charge in [0.05, 0.1) is 6.10 Å². The van der Waals surface area contributed by atoms with Gasteiger partial charge < -0.3 is 5.11 Å². The van der Waals surface area contributed by atoms with E-state index in [2.05, 4.69) is 10.0 Å². The average molecular weight is 189 g/mol. The predicted molar refractivity (Wildman–Crippen MR) is 52.2 cm³/mol. The Hall–Kier alpha value is -0.380. The summed E-state index contributed by atoms with van der Waals surface area (Å²) >= 11 is 1.70. The third-order valence-electron chi connectivity index (χ3n) is 1.53. The van der Waals surface area contributed by atoms with Crippen LogP contribution in [0.25, 0.3) is 10.4 Å². The van der Waals surface area contributed by atoms with E-state index in [1.165, 1.54) is 0 Å². The van der Waals surface area contributed by atoms with Crippen LogP contribution in [-0.4, -0.2) is 28.8 Å². The number of nitrogens with zero attached hydrogens (tertiary/aromatic N) is 3. The molecule has 0 saturated heterocycles. The van der Waals surface area contributed by atoms with Gasteiger partial charge >= 0.3 is 0 Å². The largest absolute Gasteiger partial charge is 0.392 e. The fourth-order valence-corrected chi connectivity index (χ4v) is 1.53. The number of aliphatic hydroxyl groups excluding tert-OH is 1. The molecular formula is C7H15N3OS. The summed E-state index contributed by atoms with van der Waals surface area (Å²) < 4.78 is 0. The highest BCUT2D eigenvalue weighted by atomic mass is 32.2. The fraction of sp³-hybridized carbons (Fsp3) is 1.00. The lowest BCUT2D eigenvalue weighted by Gasteiger charge is -2.12. The molecule has 0 radical (unpaired) electrons. The van der Waals surface area contributed by atoms with E-state index in [4.69, 9.17) is 10.6 Å². The van der Waals surface area contributed by atoms with Crippen LogP contribution in [0.5, 0.6) is 0 Å². The highest BCUT2D eigenvalue weighted by Gasteiger charge is 2.07. The molecule has 0 aliphatic rings. The van der Waals surface area contributed by atoms with E-state index < -0.39 is 0 Å². The number of hydrogen-bond acceptors (Lipinski definition) is 3. The molecular weight excluding hydrogens is 174 g/mol. The smallest absolute Gasteiger partial charge is 0.0627 e. The summed E-state index contributed by atoms with van der Waals surface area (Å²) in [7, 11) is 0. The van der Waals surface area contributed by atoms with E-state index in [9.17, 15) is 0 Å². The lowest BCUT2D eigenvalue weighted by atomic mass is 10.3. The predicted octanol–water partition coefficient (Wildman–Crippen LogP) is 2.19. The molecule has 0 fully saturated rings. The van der Waals surface area contributed by atoms with Crippen LogP contribution in [0.2, 0.25) is 0 Å². The monoisotopic (exact) mass is 189 g/mol. The molecule has 70 valence electrons. The van der Waals surface area contributed by atoms with Crippen molar-refractivity contribution in [3.8, 4) is 0 Å². The van der Waals surface area contributed by atoms with E-state index in [1.807, 2.05) is 6.92 Å². The van der Waals surface area contributed by atoms with Crippen LogP contribution in [0.3, 0.4) is 0 Å². The van der Waals surface area contributed by atoms with Crippen LogP contribution in [0, 0.1) is 0 Å². The van der Waals surface area contributed by atoms with E-state index in [0.717, 1.165) is 12.2 Å². The molecule has 0 rings (SSSR count). The van der Waals surface area contributed by atoms with Crippen molar-refractivity contribution in [2.24, 2.45) is 5.11 Å². The van der Waals surface area contributed by atoms with E-state index in [0.29, 0.717) is 6.54 Å². The first-order valence-corrected chi connectivity index (χ1v) is 5.04. The summed E-state index contributed by atoms with van der Waals surface area (Å²) in [6, 6.07) is 0. The van der Waals surface area contributed by atoms with Crippen molar-refractivity contribution in [2.45, 2.75) is 31.6 Å². The highest BCUT2D eigenvalue weighted by Crippen LogP contribution is 2.14. The zero-order valence-electron chi connectivity index (χ0n) is 7.47. The van der Waals surface area contributed by atoms with E-state index >= 15 is 0 Å². The normalized spacial score (nSPS) is 14.9. The zero-order valence-corrected chi connectivity index (χ0v) is 8.29. The average Bonchev–Trinajstić information content (AvgIpc) is 2.03. The van der Waals surface area contributed by atoms with Gasteiger partial charge in [0.2, 0.25) is 0 Å². The van der Waals surface area contributed by atoms with Crippen molar-refractivity contribution in [1.29, 1.82) is 0 Å². The van der Waals surface area contributed by atoms with E-state index in [1.54, 1.807) is 18.7 Å². The quantitative estimate of drug-likeness (QED) is 0.301. The second-order valence-electron chi connectivity index (χ2n) is 2.62. The molecule has 0 amide bonds. The molecule has 0 aliphatic carbocycles. The van der Waals surface area contributed by atoms with Gasteiger partial charge in [-0.1, -0.05) is 12.0 Å². The number of thioether (sulfide) groups is 1. The van der Waals surface area contributed by atoms with Crippen LogP contribution in [-0.2, 0) is 0 Å². The molecule has 0 heterocycles. The lowest BCUT2D eigenvalue weighted by molar-refractivity contribution is 0.196. The third kappa shape index (κ3) is 6.34. The fourth-order valence-electron chi connectivity index (χ4n) is 0.588. The van der Waals surface area contributed by atoms with Gasteiger partial charge in [0, 0.05) is 16.7 Å². The molecule has 0 aromatic rings. The number of azide groups is 1. The van der Waals surface area contributed by atoms with Crippen molar-refractivity contribution >= 4 is 11.8 Å². The van der Waals surface area contributed by atoms with Crippen molar-refractivity contribution in [3.63, 3.8) is 0 Å². The molecule has 2 atom stereocenters. The molecule has 0 spiro atoms. The van der Waals surface area contributed by atoms with Gasteiger partial charge in [-0.15, -0.1) is 0 Å². The van der Waals surface area contributed by atoms with Gasteiger partial charge in [-0.2, -0.15) is 11.8 Å². The Morgan fingerprint density at radius 2 is 2.25 bits per heavy atom. The minimum atomic E-state index is -0.269. The van der Waals surface area contributed by atoms with Crippen LogP contribution in [0.15, 0.2) is 5.11 Å². The Balaban J connectivity index is 3.25. The molecule has 2 unspecified atom stereocenters. The summed E-state index contributed by atoms with van der Waals surface area (Å²) in [5.74, 6) is 0.936. The Bertz CT molecular complexity index is 157. The molecule has 0 aromatic heterocycles. The van der Waals surface area contributed by atoms with Crippen molar-refractivity contribution in [1.82, 2.24) is 0 Å². The summed E-state index contributed by atoms with van der Waals surface area (Å²) in [4.78, 5) is 2.65. The van der Waals surface area contributed by atoms with Crippen LogP contribution in [0.4, 0.5) is 0 Å². The Morgan fingerprint density at radius 1 is 1.58 bits per heavy atom. The molecule has 12 heavy (non-hydrogen) atoms. The summed E-state index contributed by atoms with van der Waals surface area (Å²) in [5.41, 5.74) is 7.97. The van der Waals surface area contributed by atoms with Gasteiger partial charge in [0.15, 0.2) is 0 Å². The van der Waals surface area contributed by atoms with Gasteiger partial charge in [-0.25, -0.2) is 0 Å². The van der Waals surface area contributed by atoms with Gasteiger partial charge in [0.25, 0.3) is 0 Å². The SMILES string of the molecule is CC(O)C(C)SCCCN=[N+]=[N-]. The summed E-state index contributed by atoms with van der Waals surface area (Å²) in [6.45, 7) is 4.32. The summed E-state index contributed by atoms with van der Waals surface area (Å²) in [5, 5.41) is 12.8. The van der Waals surface area contributed by atoms with E-state index in [-0.39, 0.29) is 11.4 Å². The molecule has 0 saturated carbocycles. The molecule has 4 nitrogen and oxygen atoms in total. The maximum atomic E-state index is 9.12. The van der Waals surface area contributed by atoms with Crippen molar-refractivity contribution in [3.05, 3.63) is 10.4 Å². The Labute approximate surface area is 77.0 Å². The maximum absolute atomic E-state index is 9.12. The van der Waals surface area contributed by atoms with Crippen LogP contribution < -0.4 is 0 Å². The molecule has 0 bridgehead atoms. The van der Waals surface area contributed by atoms with Gasteiger partial charge in [-0.3, -0.25) is 0 Å².